The lowest BCUT2D eigenvalue weighted by atomic mass is 10.0. The predicted molar refractivity (Wildman–Crippen MR) is 102 cm³/mol. The minimum Gasteiger partial charge on any atom is -0.438 e. The predicted octanol–water partition coefficient (Wildman–Crippen LogP) is 1.77. The Morgan fingerprint density at radius 1 is 1.43 bits per heavy atom. The summed E-state index contributed by atoms with van der Waals surface area (Å²) in [5, 5.41) is 6.93. The first-order chi connectivity index (χ1) is 13.3. The minimum absolute atomic E-state index is 0.109. The Morgan fingerprint density at radius 3 is 2.68 bits per heavy atom. The molecule has 0 aliphatic carbocycles. The van der Waals surface area contributed by atoms with Crippen molar-refractivity contribution < 1.29 is 18.7 Å². The van der Waals surface area contributed by atoms with Gasteiger partial charge in [0.1, 0.15) is 11.4 Å². The average molecular weight is 427 g/mol. The molecule has 148 valence electrons. The molecule has 7 nitrogen and oxygen atoms in total. The second-order valence-electron chi connectivity index (χ2n) is 6.21. The van der Waals surface area contributed by atoms with Crippen molar-refractivity contribution in [2.45, 2.75) is 18.0 Å². The van der Waals surface area contributed by atoms with Gasteiger partial charge in [-0.3, -0.25) is 9.48 Å². The summed E-state index contributed by atoms with van der Waals surface area (Å²) in [7, 11) is 1.60. The second kappa shape index (κ2) is 8.30. The molecule has 1 aliphatic rings. The number of nitrogens with zero attached hydrogens (tertiary/aromatic N) is 2. The molecular weight excluding hydrogens is 410 g/mol. The van der Waals surface area contributed by atoms with Crippen molar-refractivity contribution in [1.29, 1.82) is 0 Å². The number of nitrogens with one attached hydrogen (secondary N) is 1. The summed E-state index contributed by atoms with van der Waals surface area (Å²) in [5.74, 6) is -1.90. The smallest absolute Gasteiger partial charge is 0.346 e. The number of amides is 1. The Kier molecular flexibility index (Phi) is 6.02. The van der Waals surface area contributed by atoms with E-state index in [1.807, 2.05) is 0 Å². The summed E-state index contributed by atoms with van der Waals surface area (Å²) in [4.78, 5) is 25.1. The highest BCUT2D eigenvalue weighted by atomic mass is 35.5. The molecule has 0 bridgehead atoms. The van der Waals surface area contributed by atoms with Gasteiger partial charge in [0.25, 0.3) is 5.91 Å². The standard InChI is InChI=1S/C18H17Cl2FN4O3/c1-25-15(12(19)8-23-25)13-14(18(27)28-16(13)20)17(26)24-11(7-22)6-9-2-4-10(21)5-3-9/h2-5,8,11,16H,6-7,22H2,1H3,(H,24,26)/t11-,16?/m0/s1. The second-order valence-corrected chi connectivity index (χ2v) is 7.02. The van der Waals surface area contributed by atoms with Gasteiger partial charge in [-0.15, -0.1) is 0 Å². The number of cyclic esters (lactones) is 1. The average Bonchev–Trinajstić information content (AvgIpc) is 3.13. The van der Waals surface area contributed by atoms with Crippen LogP contribution in [0.5, 0.6) is 0 Å². The number of ether oxygens (including phenoxy) is 1. The van der Waals surface area contributed by atoms with E-state index in [4.69, 9.17) is 33.7 Å². The molecule has 0 spiro atoms. The van der Waals surface area contributed by atoms with E-state index in [1.165, 1.54) is 23.0 Å². The van der Waals surface area contributed by atoms with E-state index in [1.54, 1.807) is 19.2 Å². The highest BCUT2D eigenvalue weighted by Gasteiger charge is 2.40. The van der Waals surface area contributed by atoms with Crippen molar-refractivity contribution in [2.24, 2.45) is 12.8 Å². The summed E-state index contributed by atoms with van der Waals surface area (Å²) in [6, 6.07) is 5.35. The number of halogens is 3. The lowest BCUT2D eigenvalue weighted by Gasteiger charge is -2.17. The number of hydrogen-bond acceptors (Lipinski definition) is 5. The van der Waals surface area contributed by atoms with Crippen LogP contribution < -0.4 is 11.1 Å². The molecule has 1 amide bonds. The van der Waals surface area contributed by atoms with Crippen LogP contribution in [0, 0.1) is 5.82 Å². The van der Waals surface area contributed by atoms with E-state index in [2.05, 4.69) is 10.4 Å². The topological polar surface area (TPSA) is 99.2 Å². The number of rotatable bonds is 6. The largest absolute Gasteiger partial charge is 0.438 e. The number of esters is 1. The molecule has 0 radical (unpaired) electrons. The van der Waals surface area contributed by atoms with Crippen molar-refractivity contribution in [1.82, 2.24) is 15.1 Å². The number of aromatic nitrogens is 2. The number of hydrogen-bond donors (Lipinski definition) is 2. The number of benzene rings is 1. The molecule has 1 aromatic carbocycles. The number of nitrogens with two attached hydrogens (primary N) is 1. The molecule has 2 aromatic rings. The third kappa shape index (κ3) is 4.04. The Bertz CT molecular complexity index is 923. The van der Waals surface area contributed by atoms with Gasteiger partial charge in [-0.1, -0.05) is 35.3 Å². The van der Waals surface area contributed by atoms with Crippen LogP contribution in [-0.2, 0) is 27.8 Å². The van der Waals surface area contributed by atoms with Gasteiger partial charge in [-0.25, -0.2) is 9.18 Å². The van der Waals surface area contributed by atoms with Crippen LogP contribution in [0.2, 0.25) is 5.02 Å². The molecule has 1 unspecified atom stereocenters. The van der Waals surface area contributed by atoms with E-state index in [0.29, 0.717) is 12.1 Å². The van der Waals surface area contributed by atoms with Gasteiger partial charge in [0.05, 0.1) is 22.5 Å². The fraction of sp³-hybridized carbons (Fsp3) is 0.278. The Morgan fingerprint density at radius 2 is 2.11 bits per heavy atom. The summed E-state index contributed by atoms with van der Waals surface area (Å²) in [6.45, 7) is 0.109. The Balaban J connectivity index is 1.87. The molecule has 2 atom stereocenters. The zero-order valence-corrected chi connectivity index (χ0v) is 16.3. The summed E-state index contributed by atoms with van der Waals surface area (Å²) in [5.41, 5.74) is 5.58. The third-order valence-electron chi connectivity index (χ3n) is 4.30. The Labute approximate surface area is 170 Å². The zero-order valence-electron chi connectivity index (χ0n) is 14.8. The summed E-state index contributed by atoms with van der Waals surface area (Å²) in [6.07, 6.45) is 1.74. The quantitative estimate of drug-likeness (QED) is 0.416. The van der Waals surface area contributed by atoms with E-state index >= 15 is 0 Å². The van der Waals surface area contributed by atoms with Gasteiger partial charge < -0.3 is 15.8 Å². The number of aryl methyl sites for hydroxylation is 1. The minimum atomic E-state index is -1.17. The van der Waals surface area contributed by atoms with Gasteiger partial charge >= 0.3 is 5.97 Å². The maximum atomic E-state index is 13.1. The van der Waals surface area contributed by atoms with Gasteiger partial charge in [0.15, 0.2) is 0 Å². The summed E-state index contributed by atoms with van der Waals surface area (Å²) < 4.78 is 19.5. The lowest BCUT2D eigenvalue weighted by molar-refractivity contribution is -0.138. The monoisotopic (exact) mass is 426 g/mol. The maximum absolute atomic E-state index is 13.1. The zero-order chi connectivity index (χ0) is 20.4. The number of alkyl halides is 1. The molecule has 1 aromatic heterocycles. The van der Waals surface area contributed by atoms with Crippen molar-refractivity contribution in [2.75, 3.05) is 6.54 Å². The van der Waals surface area contributed by atoms with Crippen LogP contribution in [0.25, 0.3) is 5.57 Å². The molecular formula is C18H17Cl2FN4O3. The van der Waals surface area contributed by atoms with Crippen molar-refractivity contribution in [3.8, 4) is 0 Å². The van der Waals surface area contributed by atoms with Crippen LogP contribution in [0.1, 0.15) is 11.3 Å². The highest BCUT2D eigenvalue weighted by molar-refractivity contribution is 6.37. The number of carbonyl (C=O) groups excluding carboxylic acids is 2. The van der Waals surface area contributed by atoms with E-state index in [9.17, 15) is 14.0 Å². The van der Waals surface area contributed by atoms with Gasteiger partial charge in [-0.2, -0.15) is 5.10 Å². The van der Waals surface area contributed by atoms with Crippen molar-refractivity contribution in [3.63, 3.8) is 0 Å². The number of carbonyl (C=O) groups is 2. The van der Waals surface area contributed by atoms with Gasteiger partial charge in [0, 0.05) is 19.6 Å². The lowest BCUT2D eigenvalue weighted by Crippen LogP contribution is -2.43. The van der Waals surface area contributed by atoms with Crippen LogP contribution in [0.4, 0.5) is 4.39 Å². The molecule has 0 fully saturated rings. The third-order valence-corrected chi connectivity index (χ3v) is 4.89. The molecule has 3 rings (SSSR count). The SMILES string of the molecule is Cn1ncc(Cl)c1C1=C(C(=O)N[C@H](CN)Cc2ccc(F)cc2)C(=O)OC1Cl. The summed E-state index contributed by atoms with van der Waals surface area (Å²) >= 11 is 12.3. The molecule has 0 saturated heterocycles. The van der Waals surface area contributed by atoms with Crippen molar-refractivity contribution in [3.05, 3.63) is 58.1 Å². The molecule has 1 aliphatic heterocycles. The van der Waals surface area contributed by atoms with Crippen LogP contribution in [0.15, 0.2) is 36.0 Å². The van der Waals surface area contributed by atoms with E-state index in [0.717, 1.165) is 5.56 Å². The first kappa shape index (κ1) is 20.3. The highest BCUT2D eigenvalue weighted by Crippen LogP contribution is 2.37. The fourth-order valence-electron chi connectivity index (χ4n) is 2.95. The van der Waals surface area contributed by atoms with Crippen LogP contribution >= 0.6 is 23.2 Å². The normalized spacial score (nSPS) is 17.6. The molecule has 3 N–H and O–H groups in total. The van der Waals surface area contributed by atoms with Crippen LogP contribution in [0.3, 0.4) is 0 Å². The fourth-order valence-corrected chi connectivity index (χ4v) is 3.51. The molecule has 2 heterocycles. The van der Waals surface area contributed by atoms with Crippen molar-refractivity contribution >= 4 is 40.7 Å². The van der Waals surface area contributed by atoms with Gasteiger partial charge in [0.2, 0.25) is 5.56 Å². The van der Waals surface area contributed by atoms with Gasteiger partial charge in [-0.05, 0) is 24.1 Å². The maximum Gasteiger partial charge on any atom is 0.346 e. The molecule has 0 saturated carbocycles. The first-order valence-corrected chi connectivity index (χ1v) is 9.15. The first-order valence-electron chi connectivity index (χ1n) is 8.34. The Hall–Kier alpha value is -2.42. The van der Waals surface area contributed by atoms with E-state index in [-0.39, 0.29) is 28.5 Å². The molecule has 10 heteroatoms. The molecule has 28 heavy (non-hydrogen) atoms. The van der Waals surface area contributed by atoms with Crippen LogP contribution in [-0.4, -0.2) is 39.8 Å². The van der Waals surface area contributed by atoms with E-state index < -0.39 is 23.5 Å².